The van der Waals surface area contributed by atoms with Gasteiger partial charge in [-0.05, 0) is 0 Å². The van der Waals surface area contributed by atoms with Gasteiger partial charge in [-0.25, -0.2) is 0 Å². The van der Waals surface area contributed by atoms with E-state index in [2.05, 4.69) is 24.3 Å². The van der Waals surface area contributed by atoms with E-state index in [1.807, 2.05) is 12.1 Å². The molecule has 1 aromatic carbocycles. The monoisotopic (exact) mass is 382 g/mol. The predicted octanol–water partition coefficient (Wildman–Crippen LogP) is 2.87. The van der Waals surface area contributed by atoms with Gasteiger partial charge in [-0.3, -0.25) is 0 Å². The minimum absolute atomic E-state index is 0.215. The molecule has 1 aliphatic carbocycles. The molecule has 0 heterocycles. The summed E-state index contributed by atoms with van der Waals surface area (Å²) in [4.78, 5) is 12.0. The molecular formula is C19H26O3Se. The second-order valence-electron chi connectivity index (χ2n) is 5.98. The van der Waals surface area contributed by atoms with Crippen molar-refractivity contribution in [1.29, 1.82) is 0 Å². The second kappa shape index (κ2) is 9.92. The molecule has 1 saturated carbocycles. The van der Waals surface area contributed by atoms with Gasteiger partial charge in [0.15, 0.2) is 0 Å². The van der Waals surface area contributed by atoms with Gasteiger partial charge >= 0.3 is 145 Å². The van der Waals surface area contributed by atoms with Crippen molar-refractivity contribution in [3.63, 3.8) is 0 Å². The first-order valence-corrected chi connectivity index (χ1v) is 10.4. The molecule has 126 valence electrons. The molecule has 3 nitrogen and oxygen atoms in total. The summed E-state index contributed by atoms with van der Waals surface area (Å²) in [6.07, 6.45) is 7.57. The van der Waals surface area contributed by atoms with Gasteiger partial charge in [-0.1, -0.05) is 0 Å². The van der Waals surface area contributed by atoms with E-state index in [0.29, 0.717) is 20.9 Å². The molecule has 0 aromatic heterocycles. The van der Waals surface area contributed by atoms with Gasteiger partial charge in [0.05, 0.1) is 0 Å². The predicted molar refractivity (Wildman–Crippen MR) is 93.9 cm³/mol. The van der Waals surface area contributed by atoms with Gasteiger partial charge in [0.25, 0.3) is 0 Å². The van der Waals surface area contributed by atoms with Crippen molar-refractivity contribution in [3.05, 3.63) is 42.0 Å². The number of carbonyl (C=O) groups is 1. The number of benzene rings is 1. The van der Waals surface area contributed by atoms with E-state index in [9.17, 15) is 9.90 Å². The van der Waals surface area contributed by atoms with Crippen molar-refractivity contribution < 1.29 is 14.6 Å². The maximum atomic E-state index is 12.0. The van der Waals surface area contributed by atoms with Crippen LogP contribution in [0, 0.1) is 5.92 Å². The van der Waals surface area contributed by atoms with Crippen LogP contribution in [0.15, 0.2) is 42.0 Å². The van der Waals surface area contributed by atoms with Crippen LogP contribution >= 0.6 is 0 Å². The molecular weight excluding hydrogens is 355 g/mol. The molecule has 2 atom stereocenters. The fraction of sp³-hybridized carbons (Fsp3) is 0.526. The number of aliphatic hydroxyl groups is 1. The first-order chi connectivity index (χ1) is 11.2. The summed E-state index contributed by atoms with van der Waals surface area (Å²) in [5.74, 6) is 0.0715. The molecule has 0 unspecified atom stereocenters. The second-order valence-corrected chi connectivity index (χ2v) is 8.43. The summed E-state index contributed by atoms with van der Waals surface area (Å²) in [5, 5.41) is 11.1. The van der Waals surface area contributed by atoms with Crippen molar-refractivity contribution in [2.45, 2.75) is 49.9 Å². The normalized spacial score (nSPS) is 21.9. The van der Waals surface area contributed by atoms with E-state index < -0.39 is 0 Å². The quantitative estimate of drug-likeness (QED) is 0.449. The van der Waals surface area contributed by atoms with Crippen LogP contribution in [-0.4, -0.2) is 39.2 Å². The maximum absolute atomic E-state index is 12.0. The van der Waals surface area contributed by atoms with E-state index >= 15 is 0 Å². The van der Waals surface area contributed by atoms with Crippen LogP contribution in [0.3, 0.4) is 0 Å². The van der Waals surface area contributed by atoms with Crippen molar-refractivity contribution in [3.8, 4) is 0 Å². The molecule has 1 N–H and O–H groups in total. The molecule has 1 aliphatic rings. The summed E-state index contributed by atoms with van der Waals surface area (Å²) in [7, 11) is 1.44. The Hall–Kier alpha value is -1.09. The first-order valence-electron chi connectivity index (χ1n) is 8.34. The van der Waals surface area contributed by atoms with Gasteiger partial charge in [0, 0.05) is 0 Å². The molecule has 0 aliphatic heterocycles. The summed E-state index contributed by atoms with van der Waals surface area (Å²) >= 11 is 0.374. The number of carbonyl (C=O) groups excluding carboxylic acids is 1. The summed E-state index contributed by atoms with van der Waals surface area (Å²) < 4.78 is 6.27. The Balaban J connectivity index is 1.88. The van der Waals surface area contributed by atoms with Gasteiger partial charge < -0.3 is 0 Å². The van der Waals surface area contributed by atoms with Crippen LogP contribution in [0.25, 0.3) is 0 Å². The Kier molecular flexibility index (Phi) is 7.87. The number of methoxy groups -OCH3 is 1. The molecule has 0 saturated heterocycles. The number of hydrogen-bond donors (Lipinski definition) is 1. The average Bonchev–Trinajstić information content (AvgIpc) is 2.59. The van der Waals surface area contributed by atoms with Gasteiger partial charge in [0.2, 0.25) is 0 Å². The Morgan fingerprint density at radius 3 is 2.74 bits per heavy atom. The first kappa shape index (κ1) is 18.3. The van der Waals surface area contributed by atoms with Crippen molar-refractivity contribution in [1.82, 2.24) is 0 Å². The zero-order valence-corrected chi connectivity index (χ0v) is 15.5. The number of rotatable bonds is 7. The summed E-state index contributed by atoms with van der Waals surface area (Å²) in [5.41, 5.74) is 0.767. The van der Waals surface area contributed by atoms with Crippen LogP contribution in [0.2, 0.25) is 5.32 Å². The third-order valence-corrected chi connectivity index (χ3v) is 6.49. The molecule has 0 amide bonds. The molecule has 0 spiro atoms. The molecule has 1 fully saturated rings. The van der Waals surface area contributed by atoms with Gasteiger partial charge in [0.1, 0.15) is 0 Å². The van der Waals surface area contributed by atoms with Gasteiger partial charge in [-0.15, -0.1) is 0 Å². The number of ether oxygens (including phenoxy) is 1. The Morgan fingerprint density at radius 2 is 2.04 bits per heavy atom. The van der Waals surface area contributed by atoms with Crippen LogP contribution in [0.1, 0.15) is 38.5 Å². The molecule has 4 heteroatoms. The van der Waals surface area contributed by atoms with Crippen LogP contribution < -0.4 is 4.46 Å². The molecule has 0 radical (unpaired) electrons. The Labute approximate surface area is 145 Å². The van der Waals surface area contributed by atoms with E-state index in [1.165, 1.54) is 18.0 Å². The third-order valence-electron chi connectivity index (χ3n) is 4.37. The van der Waals surface area contributed by atoms with E-state index in [-0.39, 0.29) is 12.1 Å². The molecule has 23 heavy (non-hydrogen) atoms. The number of allylic oxidation sites excluding steroid dienone is 1. The standard InChI is InChI=1S/C19H26O3Se/c1-22-19(21)16(12-11-15-7-5-6-10-18(15)20)13-14-23-17-8-3-2-4-9-17/h2-4,8-9,12,15,18,20H,5-7,10-11,13-14H2,1H3/t15-,18+/m0/s1. The fourth-order valence-electron chi connectivity index (χ4n) is 2.97. The zero-order chi connectivity index (χ0) is 16.5. The third kappa shape index (κ3) is 6.14. The van der Waals surface area contributed by atoms with E-state index in [0.717, 1.165) is 43.0 Å². The topological polar surface area (TPSA) is 46.5 Å². The summed E-state index contributed by atoms with van der Waals surface area (Å²) in [6.45, 7) is 0. The van der Waals surface area contributed by atoms with Crippen molar-refractivity contribution in [2.75, 3.05) is 7.11 Å². The number of esters is 1. The van der Waals surface area contributed by atoms with Gasteiger partial charge in [-0.2, -0.15) is 0 Å². The fourth-order valence-corrected chi connectivity index (χ4v) is 4.87. The molecule has 0 bridgehead atoms. The Bertz CT molecular complexity index is 513. The molecule has 1 aromatic rings. The SMILES string of the molecule is COC(=O)C(=CC[C@@H]1CCCC[C@H]1O)CC[Se]c1ccccc1. The van der Waals surface area contributed by atoms with Crippen molar-refractivity contribution >= 4 is 25.4 Å². The average molecular weight is 381 g/mol. The van der Waals surface area contributed by atoms with E-state index in [4.69, 9.17) is 4.74 Å². The Morgan fingerprint density at radius 1 is 1.30 bits per heavy atom. The van der Waals surface area contributed by atoms with E-state index in [1.54, 1.807) is 0 Å². The van der Waals surface area contributed by atoms with Crippen LogP contribution in [-0.2, 0) is 9.53 Å². The van der Waals surface area contributed by atoms with Crippen LogP contribution in [0.5, 0.6) is 0 Å². The number of aliphatic hydroxyl groups excluding tert-OH is 1. The zero-order valence-electron chi connectivity index (χ0n) is 13.7. The minimum atomic E-state index is -0.223. The van der Waals surface area contributed by atoms with Crippen molar-refractivity contribution in [2.24, 2.45) is 5.92 Å². The molecule has 2 rings (SSSR count). The van der Waals surface area contributed by atoms with Crippen LogP contribution in [0.4, 0.5) is 0 Å². The number of hydrogen-bond acceptors (Lipinski definition) is 3. The summed E-state index contributed by atoms with van der Waals surface area (Å²) in [6, 6.07) is 10.4.